The molecule has 1 aliphatic rings. The Bertz CT molecular complexity index is 1390. The zero-order chi connectivity index (χ0) is 27.6. The number of fused-ring (bicyclic) bond motifs is 1. The number of aliphatic hydroxyl groups is 4. The van der Waals surface area contributed by atoms with Gasteiger partial charge in [0.05, 0.1) is 23.1 Å². The van der Waals surface area contributed by atoms with Crippen LogP contribution in [-0.4, -0.2) is 76.5 Å². The molecule has 5 atom stereocenters. The second kappa shape index (κ2) is 11.2. The van der Waals surface area contributed by atoms with E-state index in [1.54, 1.807) is 24.3 Å². The summed E-state index contributed by atoms with van der Waals surface area (Å²) in [6.45, 7) is -1.54. The molecule has 13 nitrogen and oxygen atoms in total. The third kappa shape index (κ3) is 5.32. The summed E-state index contributed by atoms with van der Waals surface area (Å²) in [5.41, 5.74) is 10.3. The molecule has 0 bridgehead atoms. The van der Waals surface area contributed by atoms with Crippen molar-refractivity contribution in [3.63, 3.8) is 0 Å². The lowest BCUT2D eigenvalue weighted by Crippen LogP contribution is -2.55. The Labute approximate surface area is 214 Å². The minimum atomic E-state index is -1.72. The van der Waals surface area contributed by atoms with Crippen LogP contribution in [0.1, 0.15) is 11.7 Å². The molecule has 1 fully saturated rings. The summed E-state index contributed by atoms with van der Waals surface area (Å²) >= 11 is 0. The number of carbonyl (C=O) groups excluding carboxylic acids is 2. The molecule has 1 saturated heterocycles. The third-order valence-corrected chi connectivity index (χ3v) is 6.03. The lowest BCUT2D eigenvalue weighted by molar-refractivity contribution is -0.231. The van der Waals surface area contributed by atoms with Crippen LogP contribution in [0.3, 0.4) is 0 Å². The van der Waals surface area contributed by atoms with Crippen molar-refractivity contribution in [2.75, 3.05) is 19.8 Å². The van der Waals surface area contributed by atoms with Crippen molar-refractivity contribution in [1.29, 1.82) is 0 Å². The molecule has 2 amide bonds. The van der Waals surface area contributed by atoms with E-state index in [9.17, 15) is 34.8 Å². The molecule has 8 N–H and O–H groups in total. The molecule has 4 rings (SSSR count). The highest BCUT2D eigenvalue weighted by atomic mass is 16.5. The van der Waals surface area contributed by atoms with Crippen molar-refractivity contribution < 1.29 is 48.6 Å². The first-order valence-electron chi connectivity index (χ1n) is 11.4. The van der Waals surface area contributed by atoms with Crippen molar-refractivity contribution in [3.05, 3.63) is 58.4 Å². The molecule has 2 heterocycles. The maximum atomic E-state index is 13.5. The van der Waals surface area contributed by atoms with E-state index in [4.69, 9.17) is 30.1 Å². The Hall–Kier alpha value is -4.01. The summed E-state index contributed by atoms with van der Waals surface area (Å²) in [5, 5.41) is 40.9. The Morgan fingerprint density at radius 1 is 0.895 bits per heavy atom. The minimum Gasteiger partial charge on any atom is -0.484 e. The second-order valence-electron chi connectivity index (χ2n) is 8.62. The van der Waals surface area contributed by atoms with E-state index in [1.165, 1.54) is 18.4 Å². The highest BCUT2D eigenvalue weighted by molar-refractivity contribution is 5.86. The van der Waals surface area contributed by atoms with Crippen molar-refractivity contribution in [2.24, 2.45) is 11.5 Å². The van der Waals surface area contributed by atoms with Gasteiger partial charge >= 0.3 is 0 Å². The van der Waals surface area contributed by atoms with Crippen LogP contribution in [0.5, 0.6) is 11.5 Å². The van der Waals surface area contributed by atoms with E-state index < -0.39 is 61.0 Å². The van der Waals surface area contributed by atoms with Gasteiger partial charge in [-0.3, -0.25) is 14.4 Å². The van der Waals surface area contributed by atoms with Crippen molar-refractivity contribution >= 4 is 22.8 Å². The molecule has 1 aliphatic heterocycles. The van der Waals surface area contributed by atoms with Gasteiger partial charge in [-0.2, -0.15) is 0 Å². The Morgan fingerprint density at radius 2 is 1.55 bits per heavy atom. The number of primary amides is 2. The number of ether oxygens (including phenoxy) is 3. The van der Waals surface area contributed by atoms with Crippen LogP contribution in [0, 0.1) is 0 Å². The quantitative estimate of drug-likeness (QED) is 0.191. The van der Waals surface area contributed by atoms with Gasteiger partial charge in [-0.15, -0.1) is 0 Å². The van der Waals surface area contributed by atoms with Crippen LogP contribution in [-0.2, 0) is 14.3 Å². The first-order valence-corrected chi connectivity index (χ1v) is 11.4. The number of hydrogen-bond acceptors (Lipinski definition) is 11. The number of amides is 2. The van der Waals surface area contributed by atoms with E-state index in [0.29, 0.717) is 11.3 Å². The molecule has 3 aromatic rings. The first kappa shape index (κ1) is 27.0. The summed E-state index contributed by atoms with van der Waals surface area (Å²) in [6, 6.07) is 8.99. The standard InChI is InChI=1S/C25H26N2O11/c26-17(29)9-35-12-3-1-11(2-4-12)14-8-37-24-13(20(14)31)5-6-15(36-10-18(27)30)19(24)25-23(34)22(33)21(32)16(7-28)38-25/h1-6,8,16,21-23,25,28,32-34H,7,9-10H2,(H2,26,29)(H2,27,30)/t16-,21-,22+,23-,25+/m1/s1. The second-order valence-corrected chi connectivity index (χ2v) is 8.62. The van der Waals surface area contributed by atoms with E-state index in [-0.39, 0.29) is 34.5 Å². The van der Waals surface area contributed by atoms with Crippen LogP contribution in [0.15, 0.2) is 51.9 Å². The molecular weight excluding hydrogens is 504 g/mol. The molecule has 202 valence electrons. The molecule has 0 radical (unpaired) electrons. The average molecular weight is 530 g/mol. The average Bonchev–Trinajstić information content (AvgIpc) is 2.90. The third-order valence-electron chi connectivity index (χ3n) is 6.03. The fraction of sp³-hybridized carbons (Fsp3) is 0.320. The van der Waals surface area contributed by atoms with Gasteiger partial charge in [0, 0.05) is 0 Å². The first-order chi connectivity index (χ1) is 18.1. The van der Waals surface area contributed by atoms with Gasteiger partial charge in [0.25, 0.3) is 11.8 Å². The zero-order valence-electron chi connectivity index (χ0n) is 19.9. The molecule has 0 aliphatic carbocycles. The summed E-state index contributed by atoms with van der Waals surface area (Å²) in [4.78, 5) is 35.7. The molecule has 0 spiro atoms. The highest BCUT2D eigenvalue weighted by Crippen LogP contribution is 2.41. The van der Waals surface area contributed by atoms with Gasteiger partial charge < -0.3 is 50.5 Å². The zero-order valence-corrected chi connectivity index (χ0v) is 19.9. The molecule has 38 heavy (non-hydrogen) atoms. The largest absolute Gasteiger partial charge is 0.484 e. The molecular formula is C25H26N2O11. The van der Waals surface area contributed by atoms with Crippen molar-refractivity contribution in [1.82, 2.24) is 0 Å². The van der Waals surface area contributed by atoms with Crippen LogP contribution >= 0.6 is 0 Å². The lowest BCUT2D eigenvalue weighted by atomic mass is 9.89. The van der Waals surface area contributed by atoms with Crippen molar-refractivity contribution in [2.45, 2.75) is 30.5 Å². The van der Waals surface area contributed by atoms with Gasteiger partial charge in [0.15, 0.2) is 13.2 Å². The fourth-order valence-electron chi connectivity index (χ4n) is 4.17. The predicted molar refractivity (Wildman–Crippen MR) is 130 cm³/mol. The summed E-state index contributed by atoms with van der Waals surface area (Å²) in [7, 11) is 0. The Kier molecular flexibility index (Phi) is 7.94. The van der Waals surface area contributed by atoms with Gasteiger partial charge in [0.2, 0.25) is 5.43 Å². The van der Waals surface area contributed by atoms with Crippen molar-refractivity contribution in [3.8, 4) is 22.6 Å². The topological polar surface area (TPSA) is 225 Å². The molecule has 1 aromatic heterocycles. The van der Waals surface area contributed by atoms with E-state index >= 15 is 0 Å². The Morgan fingerprint density at radius 3 is 2.18 bits per heavy atom. The monoisotopic (exact) mass is 530 g/mol. The number of benzene rings is 2. The van der Waals surface area contributed by atoms with Gasteiger partial charge in [-0.1, -0.05) is 12.1 Å². The normalized spacial score (nSPS) is 23.2. The van der Waals surface area contributed by atoms with Gasteiger partial charge in [-0.05, 0) is 29.8 Å². The summed E-state index contributed by atoms with van der Waals surface area (Å²) in [5.74, 6) is -1.12. The lowest BCUT2D eigenvalue weighted by Gasteiger charge is -2.40. The van der Waals surface area contributed by atoms with E-state index in [0.717, 1.165) is 0 Å². The highest BCUT2D eigenvalue weighted by Gasteiger charge is 2.46. The smallest absolute Gasteiger partial charge is 0.255 e. The number of rotatable bonds is 9. The number of aliphatic hydroxyl groups excluding tert-OH is 4. The number of nitrogens with two attached hydrogens (primary N) is 2. The summed E-state index contributed by atoms with van der Waals surface area (Å²) in [6.07, 6.45) is -6.55. The fourth-order valence-corrected chi connectivity index (χ4v) is 4.17. The van der Waals surface area contributed by atoms with E-state index in [1.807, 2.05) is 0 Å². The maximum absolute atomic E-state index is 13.5. The number of hydrogen-bond donors (Lipinski definition) is 6. The van der Waals surface area contributed by atoms with E-state index in [2.05, 4.69) is 0 Å². The molecule has 0 unspecified atom stereocenters. The minimum absolute atomic E-state index is 0.0282. The molecule has 0 saturated carbocycles. The molecule has 2 aromatic carbocycles. The van der Waals surface area contributed by atoms with Crippen LogP contribution in [0.25, 0.3) is 22.1 Å². The number of carbonyl (C=O) groups is 2. The Balaban J connectivity index is 1.81. The predicted octanol–water partition coefficient (Wildman–Crippen LogP) is -1.30. The van der Waals surface area contributed by atoms with Crippen LogP contribution < -0.4 is 26.4 Å². The van der Waals surface area contributed by atoms with Gasteiger partial charge in [0.1, 0.15) is 53.9 Å². The van der Waals surface area contributed by atoms with Crippen LogP contribution in [0.4, 0.5) is 0 Å². The maximum Gasteiger partial charge on any atom is 0.255 e. The SMILES string of the molecule is NC(=O)COc1ccc(-c2coc3c([C@@H]4O[C@H](CO)[C@@H](O)[C@H](O)[C@H]4O)c(OCC(N)=O)ccc3c2=O)cc1. The van der Waals surface area contributed by atoms with Gasteiger partial charge in [-0.25, -0.2) is 0 Å². The summed E-state index contributed by atoms with van der Waals surface area (Å²) < 4.78 is 22.2. The van der Waals surface area contributed by atoms with Crippen LogP contribution in [0.2, 0.25) is 0 Å². The molecule has 13 heteroatoms.